The first-order valence-corrected chi connectivity index (χ1v) is 9.96. The Morgan fingerprint density at radius 3 is 2.67 bits per heavy atom. The van der Waals surface area contributed by atoms with Crippen LogP contribution in [-0.4, -0.2) is 31.2 Å². The predicted octanol–water partition coefficient (Wildman–Crippen LogP) is 5.48. The minimum Gasteiger partial charge on any atom is -0.453 e. The molecule has 0 saturated heterocycles. The zero-order chi connectivity index (χ0) is 22.4. The lowest BCUT2D eigenvalue weighted by molar-refractivity contribution is 0.170. The van der Waals surface area contributed by atoms with Crippen LogP contribution in [0.5, 0.6) is 0 Å². The van der Waals surface area contributed by atoms with Crippen molar-refractivity contribution in [2.24, 2.45) is 10.1 Å². The van der Waals surface area contributed by atoms with Gasteiger partial charge in [0.25, 0.3) is 0 Å². The lowest BCUT2D eigenvalue weighted by atomic mass is 10.0. The Bertz CT molecular complexity index is 845. The summed E-state index contributed by atoms with van der Waals surface area (Å²) in [6.07, 6.45) is 10.3. The molecular formula is C24H33N3O3. The van der Waals surface area contributed by atoms with E-state index < -0.39 is 6.09 Å². The van der Waals surface area contributed by atoms with Crippen LogP contribution in [0.4, 0.5) is 4.79 Å². The summed E-state index contributed by atoms with van der Waals surface area (Å²) in [5.41, 5.74) is 5.69. The number of carbonyl (C=O) groups is 1. The fourth-order valence-electron chi connectivity index (χ4n) is 2.42. The van der Waals surface area contributed by atoms with Crippen LogP contribution in [0.25, 0.3) is 0 Å². The lowest BCUT2D eigenvalue weighted by Gasteiger charge is -2.10. The van der Waals surface area contributed by atoms with Crippen molar-refractivity contribution < 1.29 is 14.4 Å². The molecule has 0 aromatic heterocycles. The predicted molar refractivity (Wildman–Crippen MR) is 124 cm³/mol. The van der Waals surface area contributed by atoms with Crippen LogP contribution >= 0.6 is 0 Å². The third-order valence-corrected chi connectivity index (χ3v) is 4.30. The maximum absolute atomic E-state index is 11.3. The Kier molecular flexibility index (Phi) is 11.6. The summed E-state index contributed by atoms with van der Waals surface area (Å²) >= 11 is 0. The van der Waals surface area contributed by atoms with Crippen LogP contribution in [0, 0.1) is 6.92 Å². The molecule has 1 N–H and O–H groups in total. The molecule has 1 aromatic carbocycles. The van der Waals surface area contributed by atoms with Gasteiger partial charge in [-0.2, -0.15) is 0 Å². The maximum atomic E-state index is 11.3. The number of carbonyl (C=O) groups excluding carboxylic acids is 1. The van der Waals surface area contributed by atoms with E-state index >= 15 is 0 Å². The standard InChI is InChI=1S/C20H25N3O3.C4H8/c1-14-9-10-17(11-18(14)12-21-20(24)25-4)16(3)23-26-13-19-8-6-5-7-15(2)22-19;1-3-4-2/h5-7,9-11H,8,12-13H2,1-4H3,(H,21,24);3-4H,1-2H3/b;4-3-. The number of rotatable bonds is 6. The number of benzene rings is 1. The highest BCUT2D eigenvalue weighted by Crippen LogP contribution is 2.13. The minimum atomic E-state index is -0.453. The third kappa shape index (κ3) is 9.37. The molecule has 0 radical (unpaired) electrons. The first-order valence-electron chi connectivity index (χ1n) is 9.96. The first kappa shape index (κ1) is 24.9. The number of alkyl carbamates (subject to hydrolysis) is 1. The molecule has 162 valence electrons. The Morgan fingerprint density at radius 1 is 1.27 bits per heavy atom. The molecule has 1 aliphatic rings. The van der Waals surface area contributed by atoms with Gasteiger partial charge in [-0.1, -0.05) is 41.6 Å². The van der Waals surface area contributed by atoms with Gasteiger partial charge in [0.05, 0.1) is 18.5 Å². The highest BCUT2D eigenvalue weighted by Gasteiger charge is 2.07. The van der Waals surface area contributed by atoms with Gasteiger partial charge in [0, 0.05) is 18.7 Å². The van der Waals surface area contributed by atoms with E-state index in [0.29, 0.717) is 13.2 Å². The van der Waals surface area contributed by atoms with E-state index in [1.807, 2.05) is 77.1 Å². The third-order valence-electron chi connectivity index (χ3n) is 4.30. The molecule has 0 spiro atoms. The average Bonchev–Trinajstić information content (AvgIpc) is 2.96. The van der Waals surface area contributed by atoms with E-state index in [1.54, 1.807) is 0 Å². The summed E-state index contributed by atoms with van der Waals surface area (Å²) in [5.74, 6) is 0. The van der Waals surface area contributed by atoms with Crippen molar-refractivity contribution in [3.8, 4) is 0 Å². The Morgan fingerprint density at radius 2 is 2.00 bits per heavy atom. The van der Waals surface area contributed by atoms with Crippen LogP contribution in [0.3, 0.4) is 0 Å². The monoisotopic (exact) mass is 411 g/mol. The van der Waals surface area contributed by atoms with E-state index in [0.717, 1.165) is 40.2 Å². The second-order valence-electron chi connectivity index (χ2n) is 6.72. The zero-order valence-corrected chi connectivity index (χ0v) is 18.9. The molecule has 6 heteroatoms. The van der Waals surface area contributed by atoms with Crippen LogP contribution in [-0.2, 0) is 16.1 Å². The van der Waals surface area contributed by atoms with Crippen molar-refractivity contribution in [3.05, 3.63) is 71.0 Å². The molecule has 6 nitrogen and oxygen atoms in total. The van der Waals surface area contributed by atoms with Crippen molar-refractivity contribution >= 4 is 17.5 Å². The highest BCUT2D eigenvalue weighted by atomic mass is 16.6. The molecule has 0 atom stereocenters. The summed E-state index contributed by atoms with van der Waals surface area (Å²) in [7, 11) is 1.35. The fourth-order valence-corrected chi connectivity index (χ4v) is 2.42. The molecule has 1 heterocycles. The molecule has 0 saturated carbocycles. The molecule has 1 aliphatic heterocycles. The Labute approximate surface area is 180 Å². The van der Waals surface area contributed by atoms with Crippen molar-refractivity contribution in [2.45, 2.75) is 47.6 Å². The number of nitrogens with zero attached hydrogens (tertiary/aromatic N) is 2. The van der Waals surface area contributed by atoms with Crippen molar-refractivity contribution in [2.75, 3.05) is 13.7 Å². The number of nitrogens with one attached hydrogen (secondary N) is 1. The van der Waals surface area contributed by atoms with Crippen LogP contribution < -0.4 is 5.32 Å². The van der Waals surface area contributed by atoms with Gasteiger partial charge in [0.1, 0.15) is 0 Å². The topological polar surface area (TPSA) is 72.3 Å². The number of hydrogen-bond acceptors (Lipinski definition) is 5. The molecule has 1 aromatic rings. The van der Waals surface area contributed by atoms with Gasteiger partial charge in [0.2, 0.25) is 0 Å². The molecule has 0 unspecified atom stereocenters. The van der Waals surface area contributed by atoms with Crippen LogP contribution in [0.15, 0.2) is 64.4 Å². The molecule has 0 fully saturated rings. The number of hydrogen-bond donors (Lipinski definition) is 1. The van der Waals surface area contributed by atoms with E-state index in [4.69, 9.17) is 4.84 Å². The van der Waals surface area contributed by atoms with Gasteiger partial charge in [-0.15, -0.1) is 0 Å². The van der Waals surface area contributed by atoms with Gasteiger partial charge < -0.3 is 14.9 Å². The average molecular weight is 412 g/mol. The number of aryl methyl sites for hydroxylation is 1. The smallest absolute Gasteiger partial charge is 0.407 e. The second kappa shape index (κ2) is 13.9. The fraction of sp³-hybridized carbons (Fsp3) is 0.375. The summed E-state index contributed by atoms with van der Waals surface area (Å²) in [6, 6.07) is 5.97. The number of aliphatic imine (C=N–C) groups is 1. The van der Waals surface area contributed by atoms with Crippen molar-refractivity contribution in [1.29, 1.82) is 0 Å². The number of amides is 1. The molecule has 0 aliphatic carbocycles. The second-order valence-corrected chi connectivity index (χ2v) is 6.72. The van der Waals surface area contributed by atoms with Gasteiger partial charge >= 0.3 is 6.09 Å². The molecular weight excluding hydrogens is 378 g/mol. The molecule has 1 amide bonds. The first-order chi connectivity index (χ1) is 14.4. The van der Waals surface area contributed by atoms with Crippen LogP contribution in [0.2, 0.25) is 0 Å². The number of methoxy groups -OCH3 is 1. The molecule has 30 heavy (non-hydrogen) atoms. The molecule has 2 rings (SSSR count). The quantitative estimate of drug-likeness (QED) is 0.383. The van der Waals surface area contributed by atoms with Crippen molar-refractivity contribution in [3.63, 3.8) is 0 Å². The Hall–Kier alpha value is -3.15. The largest absolute Gasteiger partial charge is 0.453 e. The van der Waals surface area contributed by atoms with E-state index in [2.05, 4.69) is 26.3 Å². The summed E-state index contributed by atoms with van der Waals surface area (Å²) in [5, 5.41) is 6.90. The van der Waals surface area contributed by atoms with Gasteiger partial charge in [-0.05, 0) is 63.5 Å². The van der Waals surface area contributed by atoms with Gasteiger partial charge in [0.15, 0.2) is 6.61 Å². The van der Waals surface area contributed by atoms with E-state index in [-0.39, 0.29) is 0 Å². The normalized spacial score (nSPS) is 13.6. The summed E-state index contributed by atoms with van der Waals surface area (Å²) in [6.45, 7) is 10.6. The SMILES string of the molecule is C/C=C\C.COC(=O)NCc1cc(C(C)=NOCC2=NC(C)=CC=CC2)ccc1C. The van der Waals surface area contributed by atoms with Gasteiger partial charge in [-0.3, -0.25) is 4.99 Å². The van der Waals surface area contributed by atoms with Crippen LogP contribution in [0.1, 0.15) is 50.8 Å². The lowest BCUT2D eigenvalue weighted by Crippen LogP contribution is -2.22. The number of oxime groups is 1. The van der Waals surface area contributed by atoms with E-state index in [1.165, 1.54) is 7.11 Å². The molecule has 0 bridgehead atoms. The van der Waals surface area contributed by atoms with E-state index in [9.17, 15) is 4.79 Å². The number of allylic oxidation sites excluding steroid dienone is 6. The zero-order valence-electron chi connectivity index (χ0n) is 18.9. The summed E-state index contributed by atoms with van der Waals surface area (Å²) in [4.78, 5) is 21.2. The maximum Gasteiger partial charge on any atom is 0.407 e. The highest BCUT2D eigenvalue weighted by molar-refractivity contribution is 5.98. The number of ether oxygens (including phenoxy) is 1. The van der Waals surface area contributed by atoms with Gasteiger partial charge in [-0.25, -0.2) is 4.79 Å². The minimum absolute atomic E-state index is 0.357. The Balaban J connectivity index is 0.00000103. The summed E-state index contributed by atoms with van der Waals surface area (Å²) < 4.78 is 4.60. The van der Waals surface area contributed by atoms with Crippen molar-refractivity contribution in [1.82, 2.24) is 5.32 Å².